The predicted octanol–water partition coefficient (Wildman–Crippen LogP) is 1.68. The van der Waals surface area contributed by atoms with Gasteiger partial charge >= 0.3 is 0 Å². The molecular weight excluding hydrogens is 400 g/mol. The number of hydrogen-bond acceptors (Lipinski definition) is 7. The summed E-state index contributed by atoms with van der Waals surface area (Å²) in [6.07, 6.45) is 6.35. The number of hydrogen-bond donors (Lipinski definition) is 1. The third-order valence-electron chi connectivity index (χ3n) is 5.75. The number of piperidine rings is 1. The van der Waals surface area contributed by atoms with Crippen LogP contribution in [-0.2, 0) is 9.59 Å². The summed E-state index contributed by atoms with van der Waals surface area (Å²) < 4.78 is 0. The minimum absolute atomic E-state index is 0.105. The van der Waals surface area contributed by atoms with Crippen molar-refractivity contribution in [2.45, 2.75) is 29.4 Å². The summed E-state index contributed by atoms with van der Waals surface area (Å²) in [6.45, 7) is 2.65. The molecule has 1 aromatic rings. The number of fused-ring (bicyclic) bond motifs is 1. The van der Waals surface area contributed by atoms with Crippen molar-refractivity contribution in [3.63, 3.8) is 0 Å². The number of carbonyl (C=O) groups excluding carboxylic acids is 2. The van der Waals surface area contributed by atoms with E-state index >= 15 is 0 Å². The molecule has 1 aromatic carbocycles. The van der Waals surface area contributed by atoms with Crippen molar-refractivity contribution in [2.24, 2.45) is 16.1 Å². The molecule has 30 heavy (non-hydrogen) atoms. The van der Waals surface area contributed by atoms with E-state index in [1.165, 1.54) is 4.90 Å². The van der Waals surface area contributed by atoms with Crippen LogP contribution in [0.3, 0.4) is 0 Å². The van der Waals surface area contributed by atoms with Gasteiger partial charge in [0.05, 0.1) is 12.5 Å². The molecule has 4 aliphatic heterocycles. The fraction of sp³-hybridized carbons (Fsp3) is 0.429. The molecule has 0 aromatic heterocycles. The largest absolute Gasteiger partial charge is 0.342 e. The summed E-state index contributed by atoms with van der Waals surface area (Å²) in [5.41, 5.74) is 0.589. The number of likely N-dealkylation sites (tertiary alicyclic amines) is 1. The maximum absolute atomic E-state index is 13.0. The summed E-state index contributed by atoms with van der Waals surface area (Å²) in [4.78, 5) is 28.4. The molecule has 0 spiro atoms. The van der Waals surface area contributed by atoms with Crippen LogP contribution in [0.2, 0.25) is 0 Å². The first-order chi connectivity index (χ1) is 14.7. The normalized spacial score (nSPS) is 23.9. The summed E-state index contributed by atoms with van der Waals surface area (Å²) in [6, 6.07) is 10.4. The van der Waals surface area contributed by atoms with E-state index in [9.17, 15) is 9.59 Å². The Balaban J connectivity index is 1.14. The van der Waals surface area contributed by atoms with Crippen LogP contribution < -0.4 is 5.32 Å². The van der Waals surface area contributed by atoms with Gasteiger partial charge in [-0.1, -0.05) is 24.3 Å². The van der Waals surface area contributed by atoms with E-state index in [2.05, 4.69) is 39.8 Å². The van der Waals surface area contributed by atoms with Crippen LogP contribution in [0.15, 0.2) is 57.2 Å². The average molecular weight is 425 g/mol. The molecule has 2 amide bonds. The topological polar surface area (TPSA) is 80.6 Å². The maximum atomic E-state index is 13.0. The zero-order valence-electron chi connectivity index (χ0n) is 16.6. The average Bonchev–Trinajstić information content (AvgIpc) is 3.45. The maximum Gasteiger partial charge on any atom is 0.275 e. The Morgan fingerprint density at radius 3 is 2.70 bits per heavy atom. The number of guanidine groups is 1. The number of thioether (sulfide) groups is 1. The lowest BCUT2D eigenvalue weighted by Crippen LogP contribution is -2.49. The molecule has 0 radical (unpaired) electrons. The van der Waals surface area contributed by atoms with Gasteiger partial charge in [0.1, 0.15) is 5.70 Å². The van der Waals surface area contributed by atoms with Crippen LogP contribution in [0.1, 0.15) is 19.3 Å². The quantitative estimate of drug-likeness (QED) is 0.799. The van der Waals surface area contributed by atoms with Crippen molar-refractivity contribution in [1.29, 1.82) is 0 Å². The molecule has 1 saturated heterocycles. The number of nitrogens with one attached hydrogen (secondary N) is 1. The molecule has 0 bridgehead atoms. The second-order valence-corrected chi connectivity index (χ2v) is 9.16. The van der Waals surface area contributed by atoms with Crippen LogP contribution >= 0.6 is 11.8 Å². The number of nitrogens with zero attached hydrogens (tertiary/aromatic N) is 5. The van der Waals surface area contributed by atoms with Gasteiger partial charge in [0.25, 0.3) is 5.91 Å². The van der Waals surface area contributed by atoms with Gasteiger partial charge < -0.3 is 4.90 Å². The molecule has 1 atom stereocenters. The Bertz CT molecular complexity index is 923. The molecule has 5 rings (SSSR count). The fourth-order valence-corrected chi connectivity index (χ4v) is 5.27. The fourth-order valence-electron chi connectivity index (χ4n) is 4.13. The van der Waals surface area contributed by atoms with Gasteiger partial charge in [-0.2, -0.15) is 5.10 Å². The SMILES string of the molecule is O=C1NC(N2CC(C(=O)N3CCC(Sc4ccccc4)CC3)C=N2)=NN2CCC=C12. The number of benzene rings is 1. The molecule has 0 aliphatic carbocycles. The molecule has 4 aliphatic rings. The second-order valence-electron chi connectivity index (χ2n) is 7.79. The van der Waals surface area contributed by atoms with Crippen LogP contribution in [0.25, 0.3) is 0 Å². The Hall–Kier alpha value is -2.81. The highest BCUT2D eigenvalue weighted by atomic mass is 32.2. The Morgan fingerprint density at radius 2 is 1.90 bits per heavy atom. The second kappa shape index (κ2) is 8.14. The van der Waals surface area contributed by atoms with E-state index in [0.717, 1.165) is 32.4 Å². The molecule has 1 fully saturated rings. The first-order valence-electron chi connectivity index (χ1n) is 10.4. The first-order valence-corrected chi connectivity index (χ1v) is 11.2. The number of amides is 2. The van der Waals surface area contributed by atoms with Crippen LogP contribution in [0.4, 0.5) is 0 Å². The van der Waals surface area contributed by atoms with Crippen molar-refractivity contribution in [1.82, 2.24) is 20.2 Å². The van der Waals surface area contributed by atoms with Gasteiger partial charge in [-0.05, 0) is 31.4 Å². The standard InChI is InChI=1S/C21H24N6O2S/c28-19-18-7-4-10-26(18)24-21(23-19)27-14-15(13-22-27)20(29)25-11-8-17(9-12-25)30-16-5-2-1-3-6-16/h1-3,5-7,13,15,17H,4,8-12,14H2,(H,23,24,28). The third-order valence-corrected chi connectivity index (χ3v) is 7.10. The Morgan fingerprint density at radius 1 is 1.10 bits per heavy atom. The number of carbonyl (C=O) groups is 2. The van der Waals surface area contributed by atoms with Crippen molar-refractivity contribution >= 4 is 35.8 Å². The lowest BCUT2D eigenvalue weighted by Gasteiger charge is -2.33. The van der Waals surface area contributed by atoms with Gasteiger partial charge in [0, 0.05) is 36.0 Å². The lowest BCUT2D eigenvalue weighted by atomic mass is 10.1. The van der Waals surface area contributed by atoms with Gasteiger partial charge in [0.15, 0.2) is 0 Å². The Labute approximate surface area is 179 Å². The van der Waals surface area contributed by atoms with Crippen LogP contribution in [0.5, 0.6) is 0 Å². The molecule has 4 heterocycles. The van der Waals surface area contributed by atoms with E-state index in [4.69, 9.17) is 0 Å². The molecule has 156 valence electrons. The van der Waals surface area contributed by atoms with E-state index in [-0.39, 0.29) is 17.7 Å². The van der Waals surface area contributed by atoms with E-state index < -0.39 is 0 Å². The number of rotatable bonds is 3. The molecule has 9 heteroatoms. The molecule has 1 unspecified atom stereocenters. The zero-order valence-corrected chi connectivity index (χ0v) is 17.4. The molecule has 1 N–H and O–H groups in total. The molecule has 0 saturated carbocycles. The van der Waals surface area contributed by atoms with Crippen molar-refractivity contribution in [3.05, 3.63) is 42.1 Å². The van der Waals surface area contributed by atoms with Crippen molar-refractivity contribution < 1.29 is 9.59 Å². The van der Waals surface area contributed by atoms with Gasteiger partial charge in [-0.3, -0.25) is 19.9 Å². The van der Waals surface area contributed by atoms with E-state index in [0.29, 0.717) is 30.0 Å². The highest BCUT2D eigenvalue weighted by Gasteiger charge is 2.36. The van der Waals surface area contributed by atoms with Gasteiger partial charge in [0.2, 0.25) is 11.9 Å². The monoisotopic (exact) mass is 424 g/mol. The highest BCUT2D eigenvalue weighted by Crippen LogP contribution is 2.30. The summed E-state index contributed by atoms with van der Waals surface area (Å²) in [5.74, 6) is 0.0244. The summed E-state index contributed by atoms with van der Waals surface area (Å²) in [5, 5.41) is 15.5. The predicted molar refractivity (Wildman–Crippen MR) is 116 cm³/mol. The summed E-state index contributed by atoms with van der Waals surface area (Å²) >= 11 is 1.90. The minimum Gasteiger partial charge on any atom is -0.342 e. The number of hydrazone groups is 2. The summed E-state index contributed by atoms with van der Waals surface area (Å²) in [7, 11) is 0. The smallest absolute Gasteiger partial charge is 0.275 e. The van der Waals surface area contributed by atoms with Crippen LogP contribution in [-0.4, -0.2) is 70.3 Å². The molecule has 8 nitrogen and oxygen atoms in total. The van der Waals surface area contributed by atoms with Gasteiger partial charge in [-0.25, -0.2) is 5.01 Å². The lowest BCUT2D eigenvalue weighted by molar-refractivity contribution is -0.134. The highest BCUT2D eigenvalue weighted by molar-refractivity contribution is 8.00. The van der Waals surface area contributed by atoms with Crippen LogP contribution in [0, 0.1) is 5.92 Å². The first kappa shape index (κ1) is 19.2. The third kappa shape index (κ3) is 3.81. The van der Waals surface area contributed by atoms with Gasteiger partial charge in [-0.15, -0.1) is 16.9 Å². The molecular formula is C21H24N6O2S. The Kier molecular flexibility index (Phi) is 5.20. The zero-order chi connectivity index (χ0) is 20.5. The van der Waals surface area contributed by atoms with E-state index in [1.807, 2.05) is 28.8 Å². The minimum atomic E-state index is -0.307. The van der Waals surface area contributed by atoms with E-state index in [1.54, 1.807) is 16.2 Å². The van der Waals surface area contributed by atoms with Crippen molar-refractivity contribution in [2.75, 3.05) is 26.2 Å². The van der Waals surface area contributed by atoms with Crippen molar-refractivity contribution in [3.8, 4) is 0 Å².